The molecule has 0 fully saturated rings. The molecule has 0 aromatic heterocycles. The van der Waals surface area contributed by atoms with E-state index < -0.39 is 6.04 Å². The number of aryl methyl sites for hydroxylation is 1. The van der Waals surface area contributed by atoms with E-state index in [1.54, 1.807) is 19.1 Å². The molecule has 1 aromatic rings. The number of nitrogens with one attached hydrogen (secondary N) is 1. The van der Waals surface area contributed by atoms with Gasteiger partial charge in [-0.05, 0) is 18.6 Å². The first kappa shape index (κ1) is 12.1. The number of carbonyl (C=O) groups is 1. The number of hydrogen-bond acceptors (Lipinski definition) is 3. The summed E-state index contributed by atoms with van der Waals surface area (Å²) in [5, 5.41) is 12.0. The van der Waals surface area contributed by atoms with Crippen LogP contribution in [0.1, 0.15) is 12.0 Å². The quantitative estimate of drug-likeness (QED) is 0.662. The van der Waals surface area contributed by atoms with Gasteiger partial charge in [0.1, 0.15) is 5.75 Å². The second kappa shape index (κ2) is 5.19. The summed E-state index contributed by atoms with van der Waals surface area (Å²) >= 11 is 0. The fourth-order valence-electron chi connectivity index (χ4n) is 1.14. The van der Waals surface area contributed by atoms with Crippen LogP contribution in [0, 0.1) is 19.3 Å². The Morgan fingerprint density at radius 3 is 2.94 bits per heavy atom. The maximum atomic E-state index is 11.5. The van der Waals surface area contributed by atoms with Gasteiger partial charge in [-0.3, -0.25) is 4.79 Å². The molecule has 1 rings (SSSR count). The van der Waals surface area contributed by atoms with Crippen LogP contribution in [0.15, 0.2) is 18.2 Å². The maximum absolute atomic E-state index is 11.5. The van der Waals surface area contributed by atoms with Crippen LogP contribution in [-0.2, 0) is 4.79 Å². The zero-order valence-electron chi connectivity index (χ0n) is 9.03. The van der Waals surface area contributed by atoms with Gasteiger partial charge < -0.3 is 16.2 Å². The lowest BCUT2D eigenvalue weighted by molar-refractivity contribution is -0.117. The topological polar surface area (TPSA) is 75.4 Å². The lowest BCUT2D eigenvalue weighted by Gasteiger charge is -2.10. The lowest BCUT2D eigenvalue weighted by atomic mass is 10.2. The highest BCUT2D eigenvalue weighted by Crippen LogP contribution is 2.20. The van der Waals surface area contributed by atoms with Gasteiger partial charge in [-0.2, -0.15) is 0 Å². The van der Waals surface area contributed by atoms with Crippen LogP contribution in [0.2, 0.25) is 0 Å². The molecule has 0 aliphatic heterocycles. The van der Waals surface area contributed by atoms with Crippen molar-refractivity contribution in [3.63, 3.8) is 0 Å². The standard InChI is InChI=1S/C12H14N2O2/c1-3-4-10(13)12(16)14-9-6-5-8(2)11(15)7-9/h1,5-7,10,15H,4,13H2,2H3,(H,14,16). The number of phenolic OH excluding ortho intramolecular Hbond substituents is 1. The molecule has 4 heteroatoms. The number of aromatic hydroxyl groups is 1. The Hall–Kier alpha value is -1.99. The van der Waals surface area contributed by atoms with Crippen LogP contribution < -0.4 is 11.1 Å². The van der Waals surface area contributed by atoms with Crippen molar-refractivity contribution in [3.05, 3.63) is 23.8 Å². The van der Waals surface area contributed by atoms with Gasteiger partial charge in [0.05, 0.1) is 6.04 Å². The van der Waals surface area contributed by atoms with Gasteiger partial charge >= 0.3 is 0 Å². The molecule has 4 nitrogen and oxygen atoms in total. The minimum atomic E-state index is -0.728. The summed E-state index contributed by atoms with van der Waals surface area (Å²) in [6.45, 7) is 1.77. The second-order valence-electron chi connectivity index (χ2n) is 3.51. The minimum Gasteiger partial charge on any atom is -0.508 e. The Bertz CT molecular complexity index is 435. The summed E-state index contributed by atoms with van der Waals surface area (Å²) in [7, 11) is 0. The third-order valence-electron chi connectivity index (χ3n) is 2.15. The van der Waals surface area contributed by atoms with Crippen LogP contribution in [-0.4, -0.2) is 17.1 Å². The van der Waals surface area contributed by atoms with Crippen molar-refractivity contribution in [1.29, 1.82) is 0 Å². The summed E-state index contributed by atoms with van der Waals surface area (Å²) in [5.41, 5.74) is 6.77. The number of amides is 1. The lowest BCUT2D eigenvalue weighted by Crippen LogP contribution is -2.35. The third kappa shape index (κ3) is 3.01. The summed E-state index contributed by atoms with van der Waals surface area (Å²) in [6, 6.07) is 4.14. The number of carbonyl (C=O) groups excluding carboxylic acids is 1. The Balaban J connectivity index is 2.70. The number of anilines is 1. The molecule has 0 aliphatic rings. The number of phenols is 1. The number of rotatable bonds is 3. The zero-order chi connectivity index (χ0) is 12.1. The fraction of sp³-hybridized carbons (Fsp3) is 0.250. The van der Waals surface area contributed by atoms with E-state index in [1.165, 1.54) is 6.07 Å². The molecule has 1 aromatic carbocycles. The van der Waals surface area contributed by atoms with Gasteiger partial charge in [0.25, 0.3) is 0 Å². The van der Waals surface area contributed by atoms with Crippen molar-refractivity contribution >= 4 is 11.6 Å². The van der Waals surface area contributed by atoms with Crippen LogP contribution >= 0.6 is 0 Å². The molecule has 0 radical (unpaired) electrons. The summed E-state index contributed by atoms with van der Waals surface area (Å²) in [6.07, 6.45) is 5.24. The maximum Gasteiger partial charge on any atom is 0.242 e. The van der Waals surface area contributed by atoms with E-state index in [0.717, 1.165) is 5.56 Å². The molecule has 0 aliphatic carbocycles. The molecule has 1 amide bonds. The smallest absolute Gasteiger partial charge is 0.242 e. The van der Waals surface area contributed by atoms with Crippen molar-refractivity contribution in [2.24, 2.45) is 5.73 Å². The molecule has 84 valence electrons. The summed E-state index contributed by atoms with van der Waals surface area (Å²) < 4.78 is 0. The van der Waals surface area contributed by atoms with Crippen LogP contribution in [0.25, 0.3) is 0 Å². The molecule has 0 heterocycles. The molecular weight excluding hydrogens is 204 g/mol. The molecule has 0 saturated heterocycles. The predicted octanol–water partition coefficient (Wildman–Crippen LogP) is 0.990. The molecule has 0 bridgehead atoms. The SMILES string of the molecule is C#CCC(N)C(=O)Nc1ccc(C)c(O)c1. The van der Waals surface area contributed by atoms with E-state index in [9.17, 15) is 9.90 Å². The Kier molecular flexibility index (Phi) is 3.92. The monoisotopic (exact) mass is 218 g/mol. The van der Waals surface area contributed by atoms with E-state index in [-0.39, 0.29) is 18.1 Å². The van der Waals surface area contributed by atoms with Gasteiger partial charge in [-0.1, -0.05) is 6.07 Å². The zero-order valence-corrected chi connectivity index (χ0v) is 9.03. The highest BCUT2D eigenvalue weighted by Gasteiger charge is 2.12. The van der Waals surface area contributed by atoms with Crippen LogP contribution in [0.4, 0.5) is 5.69 Å². The first-order valence-electron chi connectivity index (χ1n) is 4.84. The van der Waals surface area contributed by atoms with Gasteiger partial charge in [-0.15, -0.1) is 12.3 Å². The van der Waals surface area contributed by atoms with Crippen molar-refractivity contribution in [3.8, 4) is 18.1 Å². The van der Waals surface area contributed by atoms with Gasteiger partial charge in [0.15, 0.2) is 0 Å². The Morgan fingerprint density at radius 2 is 2.38 bits per heavy atom. The highest BCUT2D eigenvalue weighted by molar-refractivity contribution is 5.95. The minimum absolute atomic E-state index is 0.128. The predicted molar refractivity (Wildman–Crippen MR) is 62.9 cm³/mol. The van der Waals surface area contributed by atoms with Crippen LogP contribution in [0.5, 0.6) is 5.75 Å². The first-order valence-corrected chi connectivity index (χ1v) is 4.84. The normalized spacial score (nSPS) is 11.6. The summed E-state index contributed by atoms with van der Waals surface area (Å²) in [4.78, 5) is 11.5. The molecule has 4 N–H and O–H groups in total. The molecule has 16 heavy (non-hydrogen) atoms. The van der Waals surface area contributed by atoms with Crippen LogP contribution in [0.3, 0.4) is 0 Å². The van der Waals surface area contributed by atoms with E-state index in [1.807, 2.05) is 0 Å². The highest BCUT2D eigenvalue weighted by atomic mass is 16.3. The van der Waals surface area contributed by atoms with Crippen molar-refractivity contribution in [2.45, 2.75) is 19.4 Å². The number of hydrogen-bond donors (Lipinski definition) is 3. The second-order valence-corrected chi connectivity index (χ2v) is 3.51. The molecule has 1 atom stereocenters. The number of nitrogens with two attached hydrogens (primary N) is 1. The van der Waals surface area contributed by atoms with Gasteiger partial charge in [0.2, 0.25) is 5.91 Å². The summed E-state index contributed by atoms with van der Waals surface area (Å²) in [5.74, 6) is 2.09. The number of terminal acetylenes is 1. The average molecular weight is 218 g/mol. The van der Waals surface area contributed by atoms with Gasteiger partial charge in [-0.25, -0.2) is 0 Å². The molecule has 1 unspecified atom stereocenters. The first-order chi connectivity index (χ1) is 7.54. The van der Waals surface area contributed by atoms with E-state index in [2.05, 4.69) is 11.2 Å². The Labute approximate surface area is 94.5 Å². The largest absolute Gasteiger partial charge is 0.508 e. The molecule has 0 saturated carbocycles. The van der Waals surface area contributed by atoms with E-state index >= 15 is 0 Å². The number of benzene rings is 1. The van der Waals surface area contributed by atoms with E-state index in [4.69, 9.17) is 12.2 Å². The third-order valence-corrected chi connectivity index (χ3v) is 2.15. The Morgan fingerprint density at radius 1 is 1.69 bits per heavy atom. The van der Waals surface area contributed by atoms with Crippen molar-refractivity contribution < 1.29 is 9.90 Å². The fourth-order valence-corrected chi connectivity index (χ4v) is 1.14. The molecule has 0 spiro atoms. The van der Waals surface area contributed by atoms with Crippen molar-refractivity contribution in [2.75, 3.05) is 5.32 Å². The van der Waals surface area contributed by atoms with Gasteiger partial charge in [0, 0.05) is 18.2 Å². The van der Waals surface area contributed by atoms with Crippen molar-refractivity contribution in [1.82, 2.24) is 0 Å². The van der Waals surface area contributed by atoms with E-state index in [0.29, 0.717) is 5.69 Å². The molecular formula is C12H14N2O2. The average Bonchev–Trinajstić information content (AvgIpc) is 2.24.